The van der Waals surface area contributed by atoms with E-state index in [1.165, 1.54) is 5.56 Å². The summed E-state index contributed by atoms with van der Waals surface area (Å²) in [7, 11) is 0. The summed E-state index contributed by atoms with van der Waals surface area (Å²) < 4.78 is 0. The van der Waals surface area contributed by atoms with Crippen molar-refractivity contribution in [3.63, 3.8) is 0 Å². The second-order valence-electron chi connectivity index (χ2n) is 6.14. The quantitative estimate of drug-likeness (QED) is 0.852. The van der Waals surface area contributed by atoms with E-state index in [0.717, 1.165) is 24.9 Å². The maximum absolute atomic E-state index is 12.6. The average Bonchev–Trinajstić information content (AvgIpc) is 3.20. The molecule has 112 valence electrons. The van der Waals surface area contributed by atoms with Gasteiger partial charge in [-0.15, -0.1) is 0 Å². The summed E-state index contributed by atoms with van der Waals surface area (Å²) in [4.78, 5) is 28.0. The van der Waals surface area contributed by atoms with E-state index < -0.39 is 0 Å². The van der Waals surface area contributed by atoms with Crippen LogP contribution in [0.15, 0.2) is 24.3 Å². The molecule has 0 spiro atoms. The van der Waals surface area contributed by atoms with Gasteiger partial charge in [0.1, 0.15) is 0 Å². The van der Waals surface area contributed by atoms with Crippen LogP contribution in [-0.2, 0) is 16.0 Å². The summed E-state index contributed by atoms with van der Waals surface area (Å²) in [5, 5.41) is 0. The summed E-state index contributed by atoms with van der Waals surface area (Å²) in [5.74, 6) is 0.208. The molecular weight excluding hydrogens is 264 g/mol. The molecule has 0 bridgehead atoms. The Hall–Kier alpha value is -1.84. The highest BCUT2D eigenvalue weighted by Gasteiger charge is 2.33. The number of amides is 2. The summed E-state index contributed by atoms with van der Waals surface area (Å²) in [6.07, 6.45) is 3.49. The van der Waals surface area contributed by atoms with Crippen LogP contribution in [0.4, 0.5) is 5.69 Å². The molecule has 1 saturated carbocycles. The lowest BCUT2D eigenvalue weighted by Gasteiger charge is -2.25. The zero-order valence-corrected chi connectivity index (χ0v) is 12.7. The van der Waals surface area contributed by atoms with E-state index in [9.17, 15) is 9.59 Å². The number of carbonyl (C=O) groups excluding carboxylic acids is 2. The first-order valence-corrected chi connectivity index (χ1v) is 7.75. The fourth-order valence-electron chi connectivity index (χ4n) is 3.27. The number of benzene rings is 1. The Morgan fingerprint density at radius 1 is 1.29 bits per heavy atom. The standard InChI is InChI=1S/C17H22N2O2/c1-12-11-14-5-3-4-6-16(14)19(12)17(21)9-10-18(13(2)20)15-7-8-15/h3-6,12,15H,7-11H2,1-2H3. The van der Waals surface area contributed by atoms with Crippen molar-refractivity contribution in [2.75, 3.05) is 11.4 Å². The van der Waals surface area contributed by atoms with Crippen LogP contribution in [0.2, 0.25) is 0 Å². The fourth-order valence-corrected chi connectivity index (χ4v) is 3.27. The third kappa shape index (κ3) is 2.80. The van der Waals surface area contributed by atoms with E-state index in [0.29, 0.717) is 19.0 Å². The van der Waals surface area contributed by atoms with Gasteiger partial charge in [-0.3, -0.25) is 9.59 Å². The number of fused-ring (bicyclic) bond motifs is 1. The molecule has 4 nitrogen and oxygen atoms in total. The lowest BCUT2D eigenvalue weighted by atomic mass is 10.1. The van der Waals surface area contributed by atoms with Gasteiger partial charge < -0.3 is 9.80 Å². The highest BCUT2D eigenvalue weighted by Crippen LogP contribution is 2.32. The minimum absolute atomic E-state index is 0.0835. The van der Waals surface area contributed by atoms with E-state index in [1.807, 2.05) is 28.0 Å². The molecule has 4 heteroatoms. The van der Waals surface area contributed by atoms with Gasteiger partial charge in [0.15, 0.2) is 0 Å². The molecule has 2 aliphatic rings. The molecule has 0 aromatic heterocycles. The fraction of sp³-hybridized carbons (Fsp3) is 0.529. The molecule has 1 aliphatic heterocycles. The van der Waals surface area contributed by atoms with Crippen molar-refractivity contribution >= 4 is 17.5 Å². The van der Waals surface area contributed by atoms with Gasteiger partial charge in [-0.25, -0.2) is 0 Å². The Kier molecular flexibility index (Phi) is 3.70. The normalized spacial score (nSPS) is 20.3. The molecule has 1 aromatic rings. The van der Waals surface area contributed by atoms with Crippen LogP contribution >= 0.6 is 0 Å². The monoisotopic (exact) mass is 286 g/mol. The van der Waals surface area contributed by atoms with Crippen LogP contribution in [0.25, 0.3) is 0 Å². The minimum Gasteiger partial charge on any atom is -0.339 e. The smallest absolute Gasteiger partial charge is 0.229 e. The van der Waals surface area contributed by atoms with Crippen molar-refractivity contribution in [3.8, 4) is 0 Å². The van der Waals surface area contributed by atoms with E-state index in [-0.39, 0.29) is 17.9 Å². The van der Waals surface area contributed by atoms with Crippen molar-refractivity contribution in [1.82, 2.24) is 4.90 Å². The van der Waals surface area contributed by atoms with Crippen molar-refractivity contribution in [3.05, 3.63) is 29.8 Å². The summed E-state index contributed by atoms with van der Waals surface area (Å²) in [6, 6.07) is 8.68. The minimum atomic E-state index is 0.0835. The number of rotatable bonds is 4. The molecule has 0 N–H and O–H groups in total. The SMILES string of the molecule is CC(=O)N(CCC(=O)N1c2ccccc2CC1C)C1CC1. The number of hydrogen-bond donors (Lipinski definition) is 0. The average molecular weight is 286 g/mol. The van der Waals surface area contributed by atoms with Crippen molar-refractivity contribution in [1.29, 1.82) is 0 Å². The van der Waals surface area contributed by atoms with Crippen LogP contribution in [0.1, 0.15) is 38.7 Å². The lowest BCUT2D eigenvalue weighted by molar-refractivity contribution is -0.130. The highest BCUT2D eigenvalue weighted by atomic mass is 16.2. The molecule has 0 saturated heterocycles. The Morgan fingerprint density at radius 3 is 2.67 bits per heavy atom. The first-order valence-electron chi connectivity index (χ1n) is 7.75. The number of carbonyl (C=O) groups is 2. The Bertz CT molecular complexity index is 566. The second kappa shape index (κ2) is 5.51. The van der Waals surface area contributed by atoms with Crippen molar-refractivity contribution in [2.24, 2.45) is 0 Å². The van der Waals surface area contributed by atoms with Crippen molar-refractivity contribution in [2.45, 2.75) is 51.6 Å². The van der Waals surface area contributed by atoms with Crippen LogP contribution in [0.3, 0.4) is 0 Å². The lowest BCUT2D eigenvalue weighted by Crippen LogP contribution is -2.39. The number of hydrogen-bond acceptors (Lipinski definition) is 2. The van der Waals surface area contributed by atoms with E-state index >= 15 is 0 Å². The van der Waals surface area contributed by atoms with Crippen LogP contribution in [0, 0.1) is 0 Å². The molecule has 21 heavy (non-hydrogen) atoms. The molecule has 3 rings (SSSR count). The van der Waals surface area contributed by atoms with Gasteiger partial charge in [-0.1, -0.05) is 18.2 Å². The van der Waals surface area contributed by atoms with E-state index in [1.54, 1.807) is 6.92 Å². The first-order chi connectivity index (χ1) is 10.1. The molecule has 1 unspecified atom stereocenters. The van der Waals surface area contributed by atoms with Crippen molar-refractivity contribution < 1.29 is 9.59 Å². The number of anilines is 1. The molecule has 1 atom stereocenters. The predicted octanol–water partition coefficient (Wildman–Crippen LogP) is 2.37. The van der Waals surface area contributed by atoms with Crippen LogP contribution < -0.4 is 4.90 Å². The largest absolute Gasteiger partial charge is 0.339 e. The van der Waals surface area contributed by atoms with E-state index in [4.69, 9.17) is 0 Å². The molecule has 1 aromatic carbocycles. The first kappa shape index (κ1) is 14.1. The van der Waals surface area contributed by atoms with Gasteiger partial charge in [0, 0.05) is 37.7 Å². The topological polar surface area (TPSA) is 40.6 Å². The zero-order valence-electron chi connectivity index (χ0n) is 12.7. The Balaban J connectivity index is 1.67. The summed E-state index contributed by atoms with van der Waals surface area (Å²) in [6.45, 7) is 4.22. The summed E-state index contributed by atoms with van der Waals surface area (Å²) >= 11 is 0. The molecule has 0 radical (unpaired) electrons. The number of para-hydroxylation sites is 1. The predicted molar refractivity (Wildman–Crippen MR) is 82.1 cm³/mol. The zero-order chi connectivity index (χ0) is 15.0. The van der Waals surface area contributed by atoms with Gasteiger partial charge in [-0.05, 0) is 37.8 Å². The third-order valence-electron chi connectivity index (χ3n) is 4.43. The Labute approximate surface area is 125 Å². The van der Waals surface area contributed by atoms with Gasteiger partial charge >= 0.3 is 0 Å². The van der Waals surface area contributed by atoms with Gasteiger partial charge in [0.25, 0.3) is 0 Å². The van der Waals surface area contributed by atoms with E-state index in [2.05, 4.69) is 13.0 Å². The summed E-state index contributed by atoms with van der Waals surface area (Å²) in [5.41, 5.74) is 2.28. The maximum atomic E-state index is 12.6. The second-order valence-corrected chi connectivity index (χ2v) is 6.14. The number of nitrogens with zero attached hydrogens (tertiary/aromatic N) is 2. The van der Waals surface area contributed by atoms with Crippen LogP contribution in [0.5, 0.6) is 0 Å². The van der Waals surface area contributed by atoms with Gasteiger partial charge in [0.05, 0.1) is 0 Å². The molecule has 1 heterocycles. The molecule has 2 amide bonds. The van der Waals surface area contributed by atoms with Gasteiger partial charge in [-0.2, -0.15) is 0 Å². The molecule has 1 aliphatic carbocycles. The molecule has 1 fully saturated rings. The van der Waals surface area contributed by atoms with Crippen LogP contribution in [-0.4, -0.2) is 35.3 Å². The third-order valence-corrected chi connectivity index (χ3v) is 4.43. The highest BCUT2D eigenvalue weighted by molar-refractivity contribution is 5.96. The maximum Gasteiger partial charge on any atom is 0.229 e. The Morgan fingerprint density at radius 2 is 2.00 bits per heavy atom. The molecular formula is C17H22N2O2. The van der Waals surface area contributed by atoms with Gasteiger partial charge in [0.2, 0.25) is 11.8 Å².